The Bertz CT molecular complexity index is 409. The van der Waals surface area contributed by atoms with Crippen LogP contribution in [0.4, 0.5) is 0 Å². The van der Waals surface area contributed by atoms with Crippen molar-refractivity contribution < 1.29 is 9.47 Å². The lowest BCUT2D eigenvalue weighted by Gasteiger charge is -2.35. The van der Waals surface area contributed by atoms with Crippen molar-refractivity contribution in [1.29, 1.82) is 0 Å². The van der Waals surface area contributed by atoms with Gasteiger partial charge in [0.15, 0.2) is 5.96 Å². The number of aliphatic imine (C=N–C) groups is 1. The van der Waals surface area contributed by atoms with Gasteiger partial charge in [-0.25, -0.2) is 0 Å². The summed E-state index contributed by atoms with van der Waals surface area (Å²) < 4.78 is 11.0. The van der Waals surface area contributed by atoms with Crippen LogP contribution in [0, 0.1) is 5.92 Å². The molecule has 152 valence electrons. The number of hydrogen-bond donors (Lipinski definition) is 1. The Labute approximate surface area is 160 Å². The van der Waals surface area contributed by atoms with E-state index < -0.39 is 0 Å². The predicted molar refractivity (Wildman–Crippen MR) is 108 cm³/mol. The fourth-order valence-corrected chi connectivity index (χ4v) is 4.06. The molecule has 0 aromatic rings. The maximum absolute atomic E-state index is 5.97. The summed E-state index contributed by atoms with van der Waals surface area (Å²) in [6.07, 6.45) is 6.15. The van der Waals surface area contributed by atoms with Crippen molar-refractivity contribution in [3.05, 3.63) is 0 Å². The van der Waals surface area contributed by atoms with Crippen LogP contribution in [0.1, 0.15) is 46.0 Å². The molecule has 0 amide bonds. The van der Waals surface area contributed by atoms with E-state index >= 15 is 0 Å². The van der Waals surface area contributed by atoms with Crippen LogP contribution in [-0.4, -0.2) is 88.0 Å². The van der Waals surface area contributed by atoms with Crippen molar-refractivity contribution in [1.82, 2.24) is 15.1 Å². The number of methoxy groups -OCH3 is 1. The molecule has 2 saturated heterocycles. The Balaban J connectivity index is 1.69. The van der Waals surface area contributed by atoms with E-state index in [9.17, 15) is 0 Å². The highest BCUT2D eigenvalue weighted by molar-refractivity contribution is 5.80. The lowest BCUT2D eigenvalue weighted by molar-refractivity contribution is 0.00987. The van der Waals surface area contributed by atoms with Crippen LogP contribution < -0.4 is 5.32 Å². The zero-order valence-corrected chi connectivity index (χ0v) is 17.4. The van der Waals surface area contributed by atoms with Gasteiger partial charge in [0, 0.05) is 59.6 Å². The lowest BCUT2D eigenvalue weighted by atomic mass is 10.1. The molecule has 0 spiro atoms. The van der Waals surface area contributed by atoms with Crippen molar-refractivity contribution in [2.45, 2.75) is 58.1 Å². The molecule has 6 heteroatoms. The smallest absolute Gasteiger partial charge is 0.193 e. The number of likely N-dealkylation sites (tertiary alicyclic amines) is 2. The Kier molecular flexibility index (Phi) is 9.72. The summed E-state index contributed by atoms with van der Waals surface area (Å²) in [7, 11) is 3.64. The highest BCUT2D eigenvalue weighted by Gasteiger charge is 2.26. The molecule has 2 rings (SSSR count). The molecule has 6 nitrogen and oxygen atoms in total. The highest BCUT2D eigenvalue weighted by Crippen LogP contribution is 2.18. The number of rotatable bonds is 9. The summed E-state index contributed by atoms with van der Waals surface area (Å²) in [4.78, 5) is 9.56. The molecule has 0 aromatic heterocycles. The van der Waals surface area contributed by atoms with Gasteiger partial charge in [-0.05, 0) is 44.6 Å². The molecule has 2 aliphatic rings. The Morgan fingerprint density at radius 2 is 1.92 bits per heavy atom. The van der Waals surface area contributed by atoms with Crippen molar-refractivity contribution in [3.8, 4) is 0 Å². The largest absolute Gasteiger partial charge is 0.385 e. The maximum Gasteiger partial charge on any atom is 0.193 e. The Morgan fingerprint density at radius 1 is 1.15 bits per heavy atom. The van der Waals surface area contributed by atoms with E-state index in [-0.39, 0.29) is 0 Å². The van der Waals surface area contributed by atoms with E-state index in [2.05, 4.69) is 34.0 Å². The molecule has 2 heterocycles. The zero-order chi connectivity index (χ0) is 18.8. The molecule has 2 aliphatic heterocycles. The average molecular weight is 369 g/mol. The van der Waals surface area contributed by atoms with E-state index in [4.69, 9.17) is 9.47 Å². The lowest BCUT2D eigenvalue weighted by Crippen LogP contribution is -2.50. The normalized spacial score (nSPS) is 23.2. The second-order valence-corrected chi connectivity index (χ2v) is 8.02. The first-order chi connectivity index (χ1) is 12.6. The van der Waals surface area contributed by atoms with Gasteiger partial charge in [0.2, 0.25) is 0 Å². The molecule has 0 radical (unpaired) electrons. The van der Waals surface area contributed by atoms with Crippen molar-refractivity contribution in [2.24, 2.45) is 10.9 Å². The second-order valence-electron chi connectivity index (χ2n) is 8.02. The predicted octanol–water partition coefficient (Wildman–Crippen LogP) is 2.20. The number of ether oxygens (including phenoxy) is 2. The maximum atomic E-state index is 5.97. The molecule has 1 atom stereocenters. The first kappa shape index (κ1) is 21.5. The number of piperidine rings is 1. The van der Waals surface area contributed by atoms with Gasteiger partial charge in [-0.1, -0.05) is 13.8 Å². The Morgan fingerprint density at radius 3 is 2.58 bits per heavy atom. The quantitative estimate of drug-likeness (QED) is 0.384. The second kappa shape index (κ2) is 11.8. The van der Waals surface area contributed by atoms with Gasteiger partial charge in [0.25, 0.3) is 0 Å². The minimum absolute atomic E-state index is 0.387. The first-order valence-electron chi connectivity index (χ1n) is 10.4. The van der Waals surface area contributed by atoms with Gasteiger partial charge in [-0.2, -0.15) is 0 Å². The summed E-state index contributed by atoms with van der Waals surface area (Å²) in [5, 5.41) is 3.64. The summed E-state index contributed by atoms with van der Waals surface area (Å²) in [5.74, 6) is 1.79. The van der Waals surface area contributed by atoms with Gasteiger partial charge in [-0.15, -0.1) is 0 Å². The van der Waals surface area contributed by atoms with Crippen LogP contribution in [0.5, 0.6) is 0 Å². The minimum Gasteiger partial charge on any atom is -0.385 e. The number of nitrogens with zero attached hydrogens (tertiary/aromatic N) is 3. The molecule has 2 fully saturated rings. The van der Waals surface area contributed by atoms with Crippen LogP contribution in [0.3, 0.4) is 0 Å². The standard InChI is InChI=1S/C20H40N4O2/c1-17(2)16-24-10-5-7-18(24)15-22-20(21-3)23-11-8-19(9-12-23)26-14-6-13-25-4/h17-19H,5-16H2,1-4H3,(H,21,22)/t18-/m1/s1. The van der Waals surface area contributed by atoms with Crippen LogP contribution in [0.25, 0.3) is 0 Å². The fourth-order valence-electron chi connectivity index (χ4n) is 4.06. The molecular formula is C20H40N4O2. The minimum atomic E-state index is 0.387. The average Bonchev–Trinajstić information content (AvgIpc) is 3.07. The van der Waals surface area contributed by atoms with Gasteiger partial charge in [-0.3, -0.25) is 9.89 Å². The number of guanidine groups is 1. The summed E-state index contributed by atoms with van der Waals surface area (Å²) in [5.41, 5.74) is 0. The molecular weight excluding hydrogens is 328 g/mol. The molecule has 1 N–H and O–H groups in total. The van der Waals surface area contributed by atoms with Crippen molar-refractivity contribution >= 4 is 5.96 Å². The summed E-state index contributed by atoms with van der Waals surface area (Å²) >= 11 is 0. The number of hydrogen-bond acceptors (Lipinski definition) is 4. The molecule has 0 bridgehead atoms. The molecule has 0 unspecified atom stereocenters. The zero-order valence-electron chi connectivity index (χ0n) is 17.4. The van der Waals surface area contributed by atoms with Crippen LogP contribution in [0.2, 0.25) is 0 Å². The SMILES string of the molecule is CN=C(NC[C@H]1CCCN1CC(C)C)N1CCC(OCCCOC)CC1. The van der Waals surface area contributed by atoms with Gasteiger partial charge in [0.05, 0.1) is 6.10 Å². The van der Waals surface area contributed by atoms with E-state index in [0.29, 0.717) is 12.1 Å². The van der Waals surface area contributed by atoms with E-state index in [0.717, 1.165) is 64.0 Å². The third kappa shape index (κ3) is 7.05. The number of nitrogens with one attached hydrogen (secondary N) is 1. The summed E-state index contributed by atoms with van der Waals surface area (Å²) in [6, 6.07) is 0.649. The molecule has 0 saturated carbocycles. The highest BCUT2D eigenvalue weighted by atomic mass is 16.5. The van der Waals surface area contributed by atoms with Crippen LogP contribution in [-0.2, 0) is 9.47 Å². The van der Waals surface area contributed by atoms with Crippen molar-refractivity contribution in [2.75, 3.05) is 60.1 Å². The van der Waals surface area contributed by atoms with E-state index in [1.807, 2.05) is 7.05 Å². The molecule has 0 aliphatic carbocycles. The molecule has 0 aromatic carbocycles. The topological polar surface area (TPSA) is 49.3 Å². The van der Waals surface area contributed by atoms with Crippen molar-refractivity contribution in [3.63, 3.8) is 0 Å². The third-order valence-electron chi connectivity index (χ3n) is 5.39. The van der Waals surface area contributed by atoms with E-state index in [1.165, 1.54) is 25.9 Å². The van der Waals surface area contributed by atoms with E-state index in [1.54, 1.807) is 7.11 Å². The first-order valence-corrected chi connectivity index (χ1v) is 10.4. The molecule has 26 heavy (non-hydrogen) atoms. The third-order valence-corrected chi connectivity index (χ3v) is 5.39. The monoisotopic (exact) mass is 368 g/mol. The Hall–Kier alpha value is -0.850. The van der Waals surface area contributed by atoms with Crippen LogP contribution in [0.15, 0.2) is 4.99 Å². The fraction of sp³-hybridized carbons (Fsp3) is 0.950. The van der Waals surface area contributed by atoms with Gasteiger partial charge in [0.1, 0.15) is 0 Å². The van der Waals surface area contributed by atoms with Gasteiger partial charge >= 0.3 is 0 Å². The van der Waals surface area contributed by atoms with Crippen LogP contribution >= 0.6 is 0 Å². The summed E-state index contributed by atoms with van der Waals surface area (Å²) in [6.45, 7) is 11.7. The van der Waals surface area contributed by atoms with Gasteiger partial charge < -0.3 is 19.7 Å².